The first-order valence-corrected chi connectivity index (χ1v) is 8.76. The number of aromatic nitrogens is 2. The van der Waals surface area contributed by atoms with Crippen molar-refractivity contribution in [2.24, 2.45) is 0 Å². The van der Waals surface area contributed by atoms with Crippen molar-refractivity contribution in [1.29, 1.82) is 0 Å². The molecule has 2 aromatic carbocycles. The minimum atomic E-state index is -0.111. The lowest BCUT2D eigenvalue weighted by molar-refractivity contribution is 0.0984. The highest BCUT2D eigenvalue weighted by atomic mass is 35.5. The molecule has 1 aliphatic heterocycles. The zero-order valence-electron chi connectivity index (χ0n) is 14.2. The van der Waals surface area contributed by atoms with Gasteiger partial charge in [0.05, 0.1) is 0 Å². The van der Waals surface area contributed by atoms with Crippen LogP contribution in [0.3, 0.4) is 0 Å². The van der Waals surface area contributed by atoms with Gasteiger partial charge in [-0.1, -0.05) is 29.8 Å². The SMILES string of the molecule is Cc1nc(Nc2ccc(Cl)cc2)cc(C(=O)N2CCc3ccccc32)n1. The van der Waals surface area contributed by atoms with Gasteiger partial charge in [-0.3, -0.25) is 4.79 Å². The summed E-state index contributed by atoms with van der Waals surface area (Å²) < 4.78 is 0. The van der Waals surface area contributed by atoms with Gasteiger partial charge >= 0.3 is 0 Å². The van der Waals surface area contributed by atoms with E-state index >= 15 is 0 Å². The van der Waals surface area contributed by atoms with E-state index in [1.165, 1.54) is 5.56 Å². The summed E-state index contributed by atoms with van der Waals surface area (Å²) >= 11 is 5.92. The summed E-state index contributed by atoms with van der Waals surface area (Å²) in [5, 5.41) is 3.86. The topological polar surface area (TPSA) is 58.1 Å². The molecule has 0 bridgehead atoms. The summed E-state index contributed by atoms with van der Waals surface area (Å²) in [6, 6.07) is 17.0. The van der Waals surface area contributed by atoms with E-state index in [1.807, 2.05) is 30.3 Å². The van der Waals surface area contributed by atoms with Crippen LogP contribution in [0.25, 0.3) is 0 Å². The molecule has 0 saturated heterocycles. The number of nitrogens with zero attached hydrogens (tertiary/aromatic N) is 3. The van der Waals surface area contributed by atoms with Crippen molar-refractivity contribution < 1.29 is 4.79 Å². The Balaban J connectivity index is 1.62. The lowest BCUT2D eigenvalue weighted by atomic mass is 10.2. The van der Waals surface area contributed by atoms with Crippen molar-refractivity contribution in [3.05, 3.63) is 76.7 Å². The Morgan fingerprint density at radius 1 is 1.12 bits per heavy atom. The minimum Gasteiger partial charge on any atom is -0.340 e. The van der Waals surface area contributed by atoms with Crippen molar-refractivity contribution in [2.45, 2.75) is 13.3 Å². The van der Waals surface area contributed by atoms with Gasteiger partial charge in [-0.25, -0.2) is 9.97 Å². The number of para-hydroxylation sites is 1. The van der Waals surface area contributed by atoms with Gasteiger partial charge in [-0.15, -0.1) is 0 Å². The van der Waals surface area contributed by atoms with E-state index in [0.717, 1.165) is 17.8 Å². The molecule has 0 atom stereocenters. The average Bonchev–Trinajstić information content (AvgIpc) is 3.07. The van der Waals surface area contributed by atoms with Crippen LogP contribution in [-0.2, 0) is 6.42 Å². The number of aryl methyl sites for hydroxylation is 1. The second kappa shape index (κ2) is 6.77. The predicted molar refractivity (Wildman–Crippen MR) is 103 cm³/mol. The van der Waals surface area contributed by atoms with E-state index < -0.39 is 0 Å². The fourth-order valence-corrected chi connectivity index (χ4v) is 3.24. The number of anilines is 3. The number of carbonyl (C=O) groups excluding carboxylic acids is 1. The Kier molecular flexibility index (Phi) is 4.31. The zero-order valence-corrected chi connectivity index (χ0v) is 15.0. The van der Waals surface area contributed by atoms with E-state index in [9.17, 15) is 4.79 Å². The second-order valence-corrected chi connectivity index (χ2v) is 6.59. The van der Waals surface area contributed by atoms with Gasteiger partial charge in [-0.2, -0.15) is 0 Å². The molecule has 1 amide bonds. The van der Waals surface area contributed by atoms with E-state index in [-0.39, 0.29) is 5.91 Å². The molecule has 130 valence electrons. The third-order valence-corrected chi connectivity index (χ3v) is 4.56. The van der Waals surface area contributed by atoms with Crippen LogP contribution in [-0.4, -0.2) is 22.4 Å². The number of hydrogen-bond acceptors (Lipinski definition) is 4. The fourth-order valence-electron chi connectivity index (χ4n) is 3.11. The molecule has 0 saturated carbocycles. The number of hydrogen-bond donors (Lipinski definition) is 1. The third-order valence-electron chi connectivity index (χ3n) is 4.31. The number of nitrogens with one attached hydrogen (secondary N) is 1. The third kappa shape index (κ3) is 3.26. The highest BCUT2D eigenvalue weighted by Gasteiger charge is 2.26. The molecular formula is C20H17ClN4O. The van der Waals surface area contributed by atoms with Crippen LogP contribution in [0.2, 0.25) is 5.02 Å². The minimum absolute atomic E-state index is 0.111. The van der Waals surface area contributed by atoms with Crippen molar-refractivity contribution in [1.82, 2.24) is 9.97 Å². The van der Waals surface area contributed by atoms with Gasteiger partial charge in [0.15, 0.2) is 0 Å². The molecule has 2 heterocycles. The molecule has 0 radical (unpaired) electrons. The Morgan fingerprint density at radius 2 is 1.88 bits per heavy atom. The zero-order chi connectivity index (χ0) is 18.1. The molecule has 1 N–H and O–H groups in total. The lowest BCUT2D eigenvalue weighted by Crippen LogP contribution is -2.30. The number of halogens is 1. The maximum Gasteiger partial charge on any atom is 0.277 e. The summed E-state index contributed by atoms with van der Waals surface area (Å²) in [7, 11) is 0. The lowest BCUT2D eigenvalue weighted by Gasteiger charge is -2.17. The Bertz CT molecular complexity index is 972. The maximum absolute atomic E-state index is 13.0. The highest BCUT2D eigenvalue weighted by Crippen LogP contribution is 2.29. The van der Waals surface area contributed by atoms with Crippen LogP contribution in [0.1, 0.15) is 21.9 Å². The Morgan fingerprint density at radius 3 is 2.69 bits per heavy atom. The summed E-state index contributed by atoms with van der Waals surface area (Å²) in [6.45, 7) is 2.45. The summed E-state index contributed by atoms with van der Waals surface area (Å²) in [4.78, 5) is 23.5. The first-order chi connectivity index (χ1) is 12.6. The molecule has 0 unspecified atom stereocenters. The largest absolute Gasteiger partial charge is 0.340 e. The van der Waals surface area contributed by atoms with E-state index in [0.29, 0.717) is 28.9 Å². The average molecular weight is 365 g/mol. The molecule has 4 rings (SSSR count). The van der Waals surface area contributed by atoms with Gasteiger partial charge in [-0.05, 0) is 49.2 Å². The van der Waals surface area contributed by atoms with Crippen LogP contribution < -0.4 is 10.2 Å². The maximum atomic E-state index is 13.0. The van der Waals surface area contributed by atoms with E-state index in [4.69, 9.17) is 11.6 Å². The molecule has 0 aliphatic carbocycles. The quantitative estimate of drug-likeness (QED) is 0.749. The highest BCUT2D eigenvalue weighted by molar-refractivity contribution is 6.30. The van der Waals surface area contributed by atoms with Crippen LogP contribution >= 0.6 is 11.6 Å². The summed E-state index contributed by atoms with van der Waals surface area (Å²) in [6.07, 6.45) is 0.863. The van der Waals surface area contributed by atoms with Crippen molar-refractivity contribution >= 4 is 34.7 Å². The summed E-state index contributed by atoms with van der Waals surface area (Å²) in [5.41, 5.74) is 3.37. The summed E-state index contributed by atoms with van der Waals surface area (Å²) in [5.74, 6) is 1.01. The Labute approximate surface area is 156 Å². The van der Waals surface area contributed by atoms with E-state index in [1.54, 1.807) is 30.0 Å². The number of carbonyl (C=O) groups is 1. The van der Waals surface area contributed by atoms with Gasteiger partial charge < -0.3 is 10.2 Å². The Hall–Kier alpha value is -2.92. The number of amides is 1. The van der Waals surface area contributed by atoms with Gasteiger partial charge in [0, 0.05) is 29.0 Å². The van der Waals surface area contributed by atoms with Crippen molar-refractivity contribution in [3.8, 4) is 0 Å². The van der Waals surface area contributed by atoms with E-state index in [2.05, 4.69) is 21.4 Å². The standard InChI is InChI=1S/C20H17ClN4O/c1-13-22-17(12-19(23-13)24-16-8-6-15(21)7-9-16)20(26)25-11-10-14-4-2-3-5-18(14)25/h2-9,12H,10-11H2,1H3,(H,22,23,24). The van der Waals surface area contributed by atoms with Gasteiger partial charge in [0.1, 0.15) is 17.3 Å². The molecule has 26 heavy (non-hydrogen) atoms. The molecule has 1 aliphatic rings. The molecule has 0 fully saturated rings. The van der Waals surface area contributed by atoms with Crippen molar-refractivity contribution in [3.63, 3.8) is 0 Å². The fraction of sp³-hybridized carbons (Fsp3) is 0.150. The molecule has 0 spiro atoms. The normalized spacial score (nSPS) is 12.8. The number of rotatable bonds is 3. The van der Waals surface area contributed by atoms with Crippen molar-refractivity contribution in [2.75, 3.05) is 16.8 Å². The molecule has 6 heteroatoms. The van der Waals surface area contributed by atoms with Crippen LogP contribution in [0.5, 0.6) is 0 Å². The monoisotopic (exact) mass is 364 g/mol. The number of benzene rings is 2. The molecular weight excluding hydrogens is 348 g/mol. The molecule has 3 aromatic rings. The first-order valence-electron chi connectivity index (χ1n) is 8.38. The first kappa shape index (κ1) is 16.5. The second-order valence-electron chi connectivity index (χ2n) is 6.15. The predicted octanol–water partition coefficient (Wildman–Crippen LogP) is 4.38. The van der Waals surface area contributed by atoms with Crippen LogP contribution in [0, 0.1) is 6.92 Å². The van der Waals surface area contributed by atoms with Crippen LogP contribution in [0.4, 0.5) is 17.2 Å². The molecule has 1 aromatic heterocycles. The van der Waals surface area contributed by atoms with Gasteiger partial charge in [0.25, 0.3) is 5.91 Å². The smallest absolute Gasteiger partial charge is 0.277 e. The van der Waals surface area contributed by atoms with Crippen LogP contribution in [0.15, 0.2) is 54.6 Å². The van der Waals surface area contributed by atoms with Gasteiger partial charge in [0.2, 0.25) is 0 Å². The molecule has 5 nitrogen and oxygen atoms in total. The number of fused-ring (bicyclic) bond motifs is 1.